The first kappa shape index (κ1) is 60.3. The molecule has 362 valence electrons. The summed E-state index contributed by atoms with van der Waals surface area (Å²) in [5.41, 5.74) is 0. The van der Waals surface area contributed by atoms with E-state index in [0.717, 1.165) is 103 Å². The third-order valence-electron chi connectivity index (χ3n) is 9.81. The van der Waals surface area contributed by atoms with Gasteiger partial charge in [-0.15, -0.1) is 0 Å². The Morgan fingerprint density at radius 3 is 0.923 bits per heavy atom. The van der Waals surface area contributed by atoms with Crippen LogP contribution in [0.5, 0.6) is 0 Å². The Kier molecular flexibility index (Phi) is 48.2. The Hall–Kier alpha value is -4.71. The number of hydrogen-bond donors (Lipinski definition) is 0. The monoisotopic (exact) mass is 895 g/mol. The highest BCUT2D eigenvalue weighted by Gasteiger charge is 2.19. The molecule has 0 aromatic heterocycles. The summed E-state index contributed by atoms with van der Waals surface area (Å²) in [5, 5.41) is 0. The summed E-state index contributed by atoms with van der Waals surface area (Å²) < 4.78 is 16.7. The van der Waals surface area contributed by atoms with Crippen LogP contribution in [0.25, 0.3) is 0 Å². The molecule has 0 aliphatic heterocycles. The van der Waals surface area contributed by atoms with Gasteiger partial charge < -0.3 is 14.2 Å². The lowest BCUT2D eigenvalue weighted by atomic mass is 10.2. The zero-order chi connectivity index (χ0) is 47.2. The average Bonchev–Trinajstić information content (AvgIpc) is 3.30. The molecule has 0 saturated heterocycles. The van der Waals surface area contributed by atoms with Gasteiger partial charge in [0.1, 0.15) is 13.2 Å². The van der Waals surface area contributed by atoms with Gasteiger partial charge in [0.15, 0.2) is 6.10 Å². The van der Waals surface area contributed by atoms with Crippen molar-refractivity contribution < 1.29 is 28.6 Å². The fourth-order valence-corrected chi connectivity index (χ4v) is 6.06. The van der Waals surface area contributed by atoms with Crippen LogP contribution in [0, 0.1) is 0 Å². The number of ether oxygens (including phenoxy) is 3. The molecule has 0 spiro atoms. The molecule has 0 N–H and O–H groups in total. The molecule has 0 bridgehead atoms. The quantitative estimate of drug-likeness (QED) is 0.0263. The molecule has 0 amide bonds. The van der Waals surface area contributed by atoms with Crippen molar-refractivity contribution in [2.45, 2.75) is 194 Å². The molecular formula is C59H90O6. The predicted molar refractivity (Wildman–Crippen MR) is 279 cm³/mol. The van der Waals surface area contributed by atoms with Crippen LogP contribution in [0.3, 0.4) is 0 Å². The van der Waals surface area contributed by atoms with Gasteiger partial charge in [0, 0.05) is 19.3 Å². The number of rotatable bonds is 43. The second-order valence-corrected chi connectivity index (χ2v) is 16.0. The lowest BCUT2D eigenvalue weighted by Crippen LogP contribution is -2.30. The smallest absolute Gasteiger partial charge is 0.306 e. The van der Waals surface area contributed by atoms with Gasteiger partial charge in [0.2, 0.25) is 0 Å². The van der Waals surface area contributed by atoms with Gasteiger partial charge in [-0.1, -0.05) is 179 Å². The van der Waals surface area contributed by atoms with Crippen molar-refractivity contribution in [3.63, 3.8) is 0 Å². The maximum absolute atomic E-state index is 12.8. The number of unbranched alkanes of at least 4 members (excludes halogenated alkanes) is 8. The van der Waals surface area contributed by atoms with Crippen LogP contribution in [0.15, 0.2) is 146 Å². The summed E-state index contributed by atoms with van der Waals surface area (Å²) in [6.45, 7) is 6.23. The van der Waals surface area contributed by atoms with E-state index in [2.05, 4.69) is 167 Å². The number of carbonyl (C=O) groups is 3. The standard InChI is InChI=1S/C59H90O6/c1-4-7-10-13-16-19-22-25-28-29-32-35-38-41-44-47-50-53-59(62)65-56(54-63-57(60)51-48-45-42-39-36-33-30-26-23-20-17-14-11-8-5-2)55-64-58(61)52-49-46-43-40-37-34-31-27-24-21-18-15-12-9-6-3/h8-9,11-12,16-21,25-28,30-32,35-37,39-41,44,56H,4-7,10,13-15,22-24,29,33-34,38,42-43,45-55H2,1-3H3/b11-8-,12-9-,19-16-,20-17-,21-18-,28-25-,30-26-,31-27-,35-32-,39-36-,40-37-,44-41-. The van der Waals surface area contributed by atoms with Crippen LogP contribution in [0.2, 0.25) is 0 Å². The Morgan fingerprint density at radius 1 is 0.323 bits per heavy atom. The van der Waals surface area contributed by atoms with Crippen molar-refractivity contribution in [3.8, 4) is 0 Å². The Labute approximate surface area is 397 Å². The largest absolute Gasteiger partial charge is 0.462 e. The SMILES string of the molecule is CC/C=C\C/C=C\C/C=C\C/C=C\CCCCC(=O)OCC(COC(=O)CCCC/C=C\C/C=C\C/C=C\C/C=C\CC)OC(=O)CCC/C=C\C/C=C\C/C=C\C/C=C\CCCCC. The van der Waals surface area contributed by atoms with Crippen molar-refractivity contribution in [1.82, 2.24) is 0 Å². The van der Waals surface area contributed by atoms with Gasteiger partial charge in [-0.25, -0.2) is 0 Å². The van der Waals surface area contributed by atoms with Crippen molar-refractivity contribution in [3.05, 3.63) is 146 Å². The summed E-state index contributed by atoms with van der Waals surface area (Å²) in [6, 6.07) is 0. The molecule has 0 rings (SSSR count). The van der Waals surface area contributed by atoms with Crippen LogP contribution in [-0.2, 0) is 28.6 Å². The first-order chi connectivity index (χ1) is 32.0. The third kappa shape index (κ3) is 50.2. The van der Waals surface area contributed by atoms with E-state index < -0.39 is 12.1 Å². The number of carbonyl (C=O) groups excluding carboxylic acids is 3. The summed E-state index contributed by atoms with van der Waals surface area (Å²) >= 11 is 0. The number of allylic oxidation sites excluding steroid dienone is 24. The highest BCUT2D eigenvalue weighted by molar-refractivity contribution is 5.71. The molecule has 0 aliphatic rings. The minimum Gasteiger partial charge on any atom is -0.462 e. The number of esters is 3. The van der Waals surface area contributed by atoms with Crippen LogP contribution in [0.4, 0.5) is 0 Å². The Morgan fingerprint density at radius 2 is 0.600 bits per heavy atom. The van der Waals surface area contributed by atoms with E-state index >= 15 is 0 Å². The Bertz CT molecular complexity index is 1420. The predicted octanol–water partition coefficient (Wildman–Crippen LogP) is 16.9. The first-order valence-electron chi connectivity index (χ1n) is 25.3. The molecular weight excluding hydrogens is 805 g/mol. The van der Waals surface area contributed by atoms with Gasteiger partial charge in [0.25, 0.3) is 0 Å². The topological polar surface area (TPSA) is 78.9 Å². The summed E-state index contributed by atoms with van der Waals surface area (Å²) in [5.74, 6) is -1.09. The highest BCUT2D eigenvalue weighted by atomic mass is 16.6. The summed E-state index contributed by atoms with van der Waals surface area (Å²) in [6.07, 6.45) is 74.1. The van der Waals surface area contributed by atoms with Gasteiger partial charge >= 0.3 is 17.9 Å². The van der Waals surface area contributed by atoms with Gasteiger partial charge in [-0.3, -0.25) is 14.4 Å². The van der Waals surface area contributed by atoms with E-state index in [9.17, 15) is 14.4 Å². The Balaban J connectivity index is 4.65. The first-order valence-corrected chi connectivity index (χ1v) is 25.3. The molecule has 0 aromatic rings. The minimum absolute atomic E-state index is 0.141. The van der Waals surface area contributed by atoms with Gasteiger partial charge in [-0.05, 0) is 135 Å². The molecule has 0 fully saturated rings. The van der Waals surface area contributed by atoms with E-state index in [1.807, 2.05) is 0 Å². The van der Waals surface area contributed by atoms with E-state index in [4.69, 9.17) is 14.2 Å². The molecule has 0 aliphatic carbocycles. The molecule has 0 radical (unpaired) electrons. The molecule has 65 heavy (non-hydrogen) atoms. The van der Waals surface area contributed by atoms with Crippen LogP contribution in [-0.4, -0.2) is 37.2 Å². The molecule has 6 nitrogen and oxygen atoms in total. The van der Waals surface area contributed by atoms with Crippen LogP contribution >= 0.6 is 0 Å². The maximum Gasteiger partial charge on any atom is 0.306 e. The molecule has 0 saturated carbocycles. The number of hydrogen-bond acceptors (Lipinski definition) is 6. The third-order valence-corrected chi connectivity index (χ3v) is 9.81. The zero-order valence-electron chi connectivity index (χ0n) is 41.2. The van der Waals surface area contributed by atoms with Gasteiger partial charge in [0.05, 0.1) is 0 Å². The summed E-state index contributed by atoms with van der Waals surface area (Å²) in [4.78, 5) is 37.9. The molecule has 0 aromatic carbocycles. The normalized spacial score (nSPS) is 12.9. The molecule has 6 heteroatoms. The molecule has 0 unspecified atom stereocenters. The highest BCUT2D eigenvalue weighted by Crippen LogP contribution is 2.09. The molecule has 0 heterocycles. The van der Waals surface area contributed by atoms with E-state index in [1.165, 1.54) is 25.7 Å². The van der Waals surface area contributed by atoms with Crippen LogP contribution in [0.1, 0.15) is 188 Å². The van der Waals surface area contributed by atoms with E-state index in [-0.39, 0.29) is 44.4 Å². The zero-order valence-corrected chi connectivity index (χ0v) is 41.2. The van der Waals surface area contributed by atoms with E-state index in [0.29, 0.717) is 19.3 Å². The van der Waals surface area contributed by atoms with E-state index in [1.54, 1.807) is 0 Å². The van der Waals surface area contributed by atoms with Gasteiger partial charge in [-0.2, -0.15) is 0 Å². The minimum atomic E-state index is -0.847. The maximum atomic E-state index is 12.8. The van der Waals surface area contributed by atoms with Crippen molar-refractivity contribution >= 4 is 17.9 Å². The second kappa shape index (κ2) is 51.9. The lowest BCUT2D eigenvalue weighted by molar-refractivity contribution is -0.167. The van der Waals surface area contributed by atoms with Crippen molar-refractivity contribution in [1.29, 1.82) is 0 Å². The fourth-order valence-electron chi connectivity index (χ4n) is 6.06. The fraction of sp³-hybridized carbons (Fsp3) is 0.542. The summed E-state index contributed by atoms with van der Waals surface area (Å²) in [7, 11) is 0. The second-order valence-electron chi connectivity index (χ2n) is 16.0. The van der Waals surface area contributed by atoms with Crippen molar-refractivity contribution in [2.24, 2.45) is 0 Å². The van der Waals surface area contributed by atoms with Crippen LogP contribution < -0.4 is 0 Å². The van der Waals surface area contributed by atoms with Crippen molar-refractivity contribution in [2.75, 3.05) is 13.2 Å². The lowest BCUT2D eigenvalue weighted by Gasteiger charge is -2.18. The molecule has 0 atom stereocenters. The average molecular weight is 895 g/mol.